The molecule has 8 rings (SSSR count). The summed E-state index contributed by atoms with van der Waals surface area (Å²) in [6.45, 7) is 7.05. The van der Waals surface area contributed by atoms with Gasteiger partial charge in [0.15, 0.2) is 0 Å². The summed E-state index contributed by atoms with van der Waals surface area (Å²) in [6, 6.07) is 0. The second-order valence-corrected chi connectivity index (χ2v) is 16.5. The number of nitrogens with two attached hydrogens (primary N) is 4. The van der Waals surface area contributed by atoms with Gasteiger partial charge in [-0.3, -0.25) is 32.5 Å². The van der Waals surface area contributed by atoms with Crippen molar-refractivity contribution in [3.8, 4) is 0 Å². The first-order valence-electron chi connectivity index (χ1n) is 16.5. The number of nitrogens with one attached hydrogen (secondary N) is 6. The largest absolute Gasteiger partial charge is 0.369 e. The summed E-state index contributed by atoms with van der Waals surface area (Å²) in [4.78, 5) is 0. The van der Waals surface area contributed by atoms with Crippen LogP contribution >= 0.6 is 0 Å². The number of hydrazine groups is 2. The minimum absolute atomic E-state index is 0.0144. The molecule has 8 bridgehead atoms. The first-order chi connectivity index (χ1) is 20.0. The zero-order valence-electron chi connectivity index (χ0n) is 26.7. The molecule has 12 heteroatoms. The highest BCUT2D eigenvalue weighted by molar-refractivity contribution is 5.82. The summed E-state index contributed by atoms with van der Waals surface area (Å²) in [5, 5.41) is 34.4. The molecular formula is C31H58N12. The Morgan fingerprint density at radius 3 is 1.65 bits per heavy atom. The van der Waals surface area contributed by atoms with Gasteiger partial charge >= 0.3 is 0 Å². The number of rotatable bonds is 6. The van der Waals surface area contributed by atoms with Crippen LogP contribution in [0.15, 0.2) is 0 Å². The van der Waals surface area contributed by atoms with Crippen LogP contribution in [0.4, 0.5) is 0 Å². The quantitative estimate of drug-likeness (QED) is 0.0932. The van der Waals surface area contributed by atoms with Crippen molar-refractivity contribution in [3.05, 3.63) is 0 Å². The highest BCUT2D eigenvalue weighted by Gasteiger charge is 2.64. The van der Waals surface area contributed by atoms with Crippen LogP contribution in [0.2, 0.25) is 0 Å². The van der Waals surface area contributed by atoms with E-state index in [2.05, 4.69) is 31.6 Å². The van der Waals surface area contributed by atoms with E-state index in [9.17, 15) is 0 Å². The predicted molar refractivity (Wildman–Crippen MR) is 172 cm³/mol. The van der Waals surface area contributed by atoms with Crippen molar-refractivity contribution >= 4 is 23.8 Å². The zero-order chi connectivity index (χ0) is 31.4. The summed E-state index contributed by atoms with van der Waals surface area (Å²) in [5.74, 6) is 1.87. The lowest BCUT2D eigenvalue weighted by Gasteiger charge is -2.68. The van der Waals surface area contributed by atoms with Crippen LogP contribution in [0.3, 0.4) is 0 Å². The van der Waals surface area contributed by atoms with E-state index in [0.29, 0.717) is 22.2 Å². The molecule has 8 aliphatic carbocycles. The molecule has 43 heavy (non-hydrogen) atoms. The van der Waals surface area contributed by atoms with Gasteiger partial charge in [0.2, 0.25) is 23.8 Å². The average Bonchev–Trinajstić information content (AvgIpc) is 2.82. The molecule has 0 radical (unpaired) electrons. The molecule has 242 valence electrons. The highest BCUT2D eigenvalue weighted by Crippen LogP contribution is 2.69. The van der Waals surface area contributed by atoms with Crippen molar-refractivity contribution < 1.29 is 0 Å². The number of hydrogen-bond donors (Lipinski definition) is 10. The minimum Gasteiger partial charge on any atom is -0.369 e. The third-order valence-corrected chi connectivity index (χ3v) is 12.0. The summed E-state index contributed by atoms with van der Waals surface area (Å²) >= 11 is 0. The lowest BCUT2D eigenvalue weighted by molar-refractivity contribution is -0.161. The number of hydrogen-bond acceptors (Lipinski definition) is 4. The monoisotopic (exact) mass is 598 g/mol. The Labute approximate surface area is 257 Å². The van der Waals surface area contributed by atoms with Gasteiger partial charge in [-0.1, -0.05) is 40.0 Å². The maximum absolute atomic E-state index is 8.06. The van der Waals surface area contributed by atoms with E-state index in [-0.39, 0.29) is 34.9 Å². The summed E-state index contributed by atoms with van der Waals surface area (Å²) in [5.41, 5.74) is 29.2. The van der Waals surface area contributed by atoms with Crippen molar-refractivity contribution in [2.75, 3.05) is 0 Å². The lowest BCUT2D eigenvalue weighted by atomic mass is 9.41. The molecule has 0 aromatic heterocycles. The fourth-order valence-corrected chi connectivity index (χ4v) is 12.4. The average molecular weight is 599 g/mol. The summed E-state index contributed by atoms with van der Waals surface area (Å²) in [7, 11) is 0. The van der Waals surface area contributed by atoms with Crippen LogP contribution in [0.1, 0.15) is 124 Å². The van der Waals surface area contributed by atoms with E-state index in [0.717, 1.165) is 50.4 Å². The van der Waals surface area contributed by atoms with Crippen molar-refractivity contribution in [1.82, 2.24) is 20.9 Å². The van der Waals surface area contributed by atoms with Crippen LogP contribution in [-0.4, -0.2) is 44.9 Å². The second-order valence-electron chi connectivity index (χ2n) is 16.5. The van der Waals surface area contributed by atoms with Crippen LogP contribution in [-0.2, 0) is 0 Å². The van der Waals surface area contributed by atoms with Crippen molar-refractivity contribution in [2.45, 2.75) is 135 Å². The van der Waals surface area contributed by atoms with E-state index < -0.39 is 0 Å². The van der Waals surface area contributed by atoms with Gasteiger partial charge < -0.3 is 22.9 Å². The summed E-state index contributed by atoms with van der Waals surface area (Å²) < 4.78 is 0. The van der Waals surface area contributed by atoms with Gasteiger partial charge in [0.25, 0.3) is 0 Å². The minimum atomic E-state index is -0.155. The molecule has 6 unspecified atom stereocenters. The van der Waals surface area contributed by atoms with E-state index in [1.54, 1.807) is 10.0 Å². The fourth-order valence-electron chi connectivity index (χ4n) is 12.4. The Balaban J connectivity index is 0.000000176. The van der Waals surface area contributed by atoms with Crippen LogP contribution in [0.5, 0.6) is 0 Å². The third-order valence-electron chi connectivity index (χ3n) is 12.0. The van der Waals surface area contributed by atoms with Crippen LogP contribution in [0, 0.1) is 55.6 Å². The molecule has 0 heterocycles. The van der Waals surface area contributed by atoms with Crippen LogP contribution in [0.25, 0.3) is 0 Å². The lowest BCUT2D eigenvalue weighted by Crippen LogP contribution is -2.71. The first-order valence-corrected chi connectivity index (χ1v) is 16.5. The van der Waals surface area contributed by atoms with E-state index >= 15 is 0 Å². The Morgan fingerprint density at radius 1 is 0.651 bits per heavy atom. The Kier molecular flexibility index (Phi) is 7.99. The molecule has 0 amide bonds. The predicted octanol–water partition coefficient (Wildman–Crippen LogP) is 3.83. The third kappa shape index (κ3) is 6.07. The molecule has 8 saturated carbocycles. The molecule has 12 nitrogen and oxygen atoms in total. The Morgan fingerprint density at radius 2 is 1.16 bits per heavy atom. The van der Waals surface area contributed by atoms with E-state index in [4.69, 9.17) is 44.6 Å². The van der Waals surface area contributed by atoms with Gasteiger partial charge in [0.05, 0.1) is 11.1 Å². The summed E-state index contributed by atoms with van der Waals surface area (Å²) in [6.07, 6.45) is 19.4. The highest BCUT2D eigenvalue weighted by atomic mass is 15.6. The van der Waals surface area contributed by atoms with Crippen molar-refractivity contribution in [1.29, 1.82) is 21.6 Å². The van der Waals surface area contributed by atoms with Gasteiger partial charge in [-0.15, -0.1) is 0 Å². The normalized spacial score (nSPS) is 41.1. The molecular weight excluding hydrogens is 540 g/mol. The zero-order valence-corrected chi connectivity index (χ0v) is 26.7. The Bertz CT molecular complexity index is 1120. The van der Waals surface area contributed by atoms with E-state index in [1.165, 1.54) is 64.2 Å². The number of nitrogens with zero attached hydrogens (tertiary/aromatic N) is 2. The first kappa shape index (κ1) is 31.5. The molecule has 0 aromatic rings. The molecule has 8 aliphatic rings. The van der Waals surface area contributed by atoms with Gasteiger partial charge in [-0.2, -0.15) is 0 Å². The topological polar surface area (TPSA) is 230 Å². The van der Waals surface area contributed by atoms with Crippen molar-refractivity contribution in [3.63, 3.8) is 0 Å². The molecule has 6 atom stereocenters. The molecule has 0 aliphatic heterocycles. The van der Waals surface area contributed by atoms with Gasteiger partial charge in [0, 0.05) is 0 Å². The molecule has 8 fully saturated rings. The molecule has 0 aromatic carbocycles. The molecule has 14 N–H and O–H groups in total. The number of guanidine groups is 4. The van der Waals surface area contributed by atoms with Crippen molar-refractivity contribution in [2.24, 2.45) is 56.9 Å². The SMILES string of the molecule is CC12CC3CC(C1)CC(N(NC(=N)N)C(=N)N)(C3)C2.CCCCCC12CC3CC(C)(C1)CC(N(NC(=N)N)C(=N)N)(C3)C2. The molecule has 0 spiro atoms. The Hall–Kier alpha value is -2.92. The van der Waals surface area contributed by atoms with E-state index in [1.807, 2.05) is 0 Å². The molecule has 0 saturated heterocycles. The maximum Gasteiger partial charge on any atom is 0.208 e. The smallest absolute Gasteiger partial charge is 0.208 e. The standard InChI is InChI=1S/C18H34N6.C13H24N6/c1-3-4-5-6-17-8-13-7-16(2,10-17)11-18(9-13,12-17)24(15(21)22)23-14(19)20;1-12-3-8-2-9(4-12)6-13(5-8,7-12)19(11(16)17)18-10(14)15/h13H,3-12H2,1-2H3,(H3,21,22)(H4,19,20,23);8-9H,2-7H2,1H3,(H3,16,17)(H4,14,15,18). The van der Waals surface area contributed by atoms with Gasteiger partial charge in [-0.05, 0) is 117 Å². The van der Waals surface area contributed by atoms with Crippen LogP contribution < -0.4 is 33.8 Å². The van der Waals surface area contributed by atoms with Gasteiger partial charge in [0.1, 0.15) is 0 Å². The number of unbranched alkanes of at least 4 members (excludes halogenated alkanes) is 2. The second kappa shape index (κ2) is 10.9. The fraction of sp³-hybridized carbons (Fsp3) is 0.871. The van der Waals surface area contributed by atoms with Gasteiger partial charge in [-0.25, -0.2) is 10.0 Å². The maximum atomic E-state index is 8.06.